The van der Waals surface area contributed by atoms with E-state index in [-0.39, 0.29) is 0 Å². The molecule has 0 bridgehead atoms. The predicted octanol–water partition coefficient (Wildman–Crippen LogP) is 0.956. The van der Waals surface area contributed by atoms with Crippen LogP contribution in [0.15, 0.2) is 25.0 Å². The first kappa shape index (κ1) is 7.75. The Labute approximate surface area is 65.8 Å². The summed E-state index contributed by atoms with van der Waals surface area (Å²) in [7, 11) is 0. The van der Waals surface area contributed by atoms with Crippen LogP contribution in [-0.4, -0.2) is 16.3 Å². The second kappa shape index (κ2) is 3.73. The second-order valence-electron chi connectivity index (χ2n) is 2.07. The summed E-state index contributed by atoms with van der Waals surface area (Å²) in [5.41, 5.74) is 6.32. The molecule has 0 unspecified atom stereocenters. The first-order valence-electron chi connectivity index (χ1n) is 3.40. The van der Waals surface area contributed by atoms with Gasteiger partial charge in [0.15, 0.2) is 0 Å². The second-order valence-corrected chi connectivity index (χ2v) is 2.07. The van der Waals surface area contributed by atoms with E-state index < -0.39 is 0 Å². The molecule has 0 aliphatic heterocycles. The molecule has 0 radical (unpaired) electrons. The minimum Gasteiger partial charge on any atom is -0.327 e. The third-order valence-electron chi connectivity index (χ3n) is 1.25. The number of hydrogen-bond acceptors (Lipinski definition) is 2. The number of nitrogens with zero attached hydrogens (tertiary/aromatic N) is 2. The molecule has 0 fully saturated rings. The number of hydrogen-bond donors (Lipinski definition) is 1. The van der Waals surface area contributed by atoms with Gasteiger partial charge >= 0.3 is 0 Å². The van der Waals surface area contributed by atoms with E-state index in [4.69, 9.17) is 5.73 Å². The zero-order valence-electron chi connectivity index (χ0n) is 6.27. The quantitative estimate of drug-likeness (QED) is 0.695. The smallest absolute Gasteiger partial charge is 0.0566 e. The van der Waals surface area contributed by atoms with E-state index in [9.17, 15) is 0 Å². The fourth-order valence-electron chi connectivity index (χ4n) is 0.743. The average Bonchev–Trinajstić information content (AvgIpc) is 2.48. The maximum Gasteiger partial charge on any atom is 0.0566 e. The Balaban J connectivity index is 2.72. The van der Waals surface area contributed by atoms with Crippen molar-refractivity contribution in [2.75, 3.05) is 6.54 Å². The van der Waals surface area contributed by atoms with E-state index in [1.165, 1.54) is 0 Å². The highest BCUT2D eigenvalue weighted by atomic mass is 15.2. The summed E-state index contributed by atoms with van der Waals surface area (Å²) >= 11 is 0. The van der Waals surface area contributed by atoms with Gasteiger partial charge in [-0.2, -0.15) is 5.10 Å². The number of aromatic nitrogens is 2. The molecule has 3 heteroatoms. The highest BCUT2D eigenvalue weighted by molar-refractivity contribution is 5.47. The van der Waals surface area contributed by atoms with Gasteiger partial charge in [-0.05, 0) is 0 Å². The van der Waals surface area contributed by atoms with Crippen molar-refractivity contribution in [3.63, 3.8) is 0 Å². The molecule has 58 valence electrons. The SMILES string of the molecule is C=Cn1cc(/C=C/CN)cn1. The van der Waals surface area contributed by atoms with Gasteiger partial charge in [0.05, 0.1) is 6.20 Å². The van der Waals surface area contributed by atoms with Crippen molar-refractivity contribution in [1.29, 1.82) is 0 Å². The molecule has 1 aromatic heterocycles. The molecule has 0 atom stereocenters. The van der Waals surface area contributed by atoms with Gasteiger partial charge in [0.25, 0.3) is 0 Å². The lowest BCUT2D eigenvalue weighted by Crippen LogP contribution is -1.91. The molecule has 0 aliphatic carbocycles. The Kier molecular flexibility index (Phi) is 2.63. The molecule has 0 aliphatic rings. The van der Waals surface area contributed by atoms with Crippen LogP contribution < -0.4 is 5.73 Å². The monoisotopic (exact) mass is 149 g/mol. The maximum atomic E-state index is 5.28. The summed E-state index contributed by atoms with van der Waals surface area (Å²) in [4.78, 5) is 0. The minimum atomic E-state index is 0.555. The van der Waals surface area contributed by atoms with Crippen LogP contribution in [0.3, 0.4) is 0 Å². The minimum absolute atomic E-state index is 0.555. The fraction of sp³-hybridized carbons (Fsp3) is 0.125. The Bertz CT molecular complexity index is 260. The lowest BCUT2D eigenvalue weighted by atomic mass is 10.3. The normalized spacial score (nSPS) is 10.6. The van der Waals surface area contributed by atoms with E-state index in [2.05, 4.69) is 11.7 Å². The van der Waals surface area contributed by atoms with Gasteiger partial charge in [-0.25, -0.2) is 4.68 Å². The molecule has 11 heavy (non-hydrogen) atoms. The molecule has 1 heterocycles. The van der Waals surface area contributed by atoms with Crippen molar-refractivity contribution in [1.82, 2.24) is 9.78 Å². The van der Waals surface area contributed by atoms with Crippen molar-refractivity contribution >= 4 is 12.3 Å². The van der Waals surface area contributed by atoms with E-state index >= 15 is 0 Å². The van der Waals surface area contributed by atoms with Crippen LogP contribution in [0.2, 0.25) is 0 Å². The summed E-state index contributed by atoms with van der Waals surface area (Å²) in [6.07, 6.45) is 9.07. The Morgan fingerprint density at radius 2 is 2.55 bits per heavy atom. The van der Waals surface area contributed by atoms with Crippen LogP contribution in [0.25, 0.3) is 12.3 Å². The van der Waals surface area contributed by atoms with E-state index in [0.29, 0.717) is 6.54 Å². The van der Waals surface area contributed by atoms with E-state index in [1.54, 1.807) is 17.1 Å². The van der Waals surface area contributed by atoms with Crippen LogP contribution in [0.1, 0.15) is 5.56 Å². The number of rotatable bonds is 3. The van der Waals surface area contributed by atoms with E-state index in [0.717, 1.165) is 5.56 Å². The first-order chi connectivity index (χ1) is 5.36. The van der Waals surface area contributed by atoms with Crippen LogP contribution in [-0.2, 0) is 0 Å². The standard InChI is InChI=1S/C8H11N3/c1-2-11-7-8(6-10-11)4-3-5-9/h2-4,6-7H,1,5,9H2/b4-3+. The van der Waals surface area contributed by atoms with Crippen molar-refractivity contribution in [2.45, 2.75) is 0 Å². The fourth-order valence-corrected chi connectivity index (χ4v) is 0.743. The zero-order valence-corrected chi connectivity index (χ0v) is 6.27. The average molecular weight is 149 g/mol. The summed E-state index contributed by atoms with van der Waals surface area (Å²) in [6, 6.07) is 0. The summed E-state index contributed by atoms with van der Waals surface area (Å²) in [6.45, 7) is 4.13. The topological polar surface area (TPSA) is 43.8 Å². The van der Waals surface area contributed by atoms with E-state index in [1.807, 2.05) is 18.3 Å². The summed E-state index contributed by atoms with van der Waals surface area (Å²) in [5, 5.41) is 3.99. The predicted molar refractivity (Wildman–Crippen MR) is 46.7 cm³/mol. The number of nitrogens with two attached hydrogens (primary N) is 1. The Morgan fingerprint density at radius 1 is 1.73 bits per heavy atom. The van der Waals surface area contributed by atoms with Crippen molar-refractivity contribution in [3.05, 3.63) is 30.6 Å². The highest BCUT2D eigenvalue weighted by Gasteiger charge is 1.88. The van der Waals surface area contributed by atoms with Crippen LogP contribution in [0.5, 0.6) is 0 Å². The Morgan fingerprint density at radius 3 is 3.09 bits per heavy atom. The molecule has 1 rings (SSSR count). The molecule has 1 aromatic rings. The third-order valence-corrected chi connectivity index (χ3v) is 1.25. The molecule has 3 nitrogen and oxygen atoms in total. The third kappa shape index (κ3) is 2.05. The summed E-state index contributed by atoms with van der Waals surface area (Å²) in [5.74, 6) is 0. The van der Waals surface area contributed by atoms with Gasteiger partial charge in [0, 0.05) is 24.5 Å². The van der Waals surface area contributed by atoms with Gasteiger partial charge in [0.2, 0.25) is 0 Å². The molecule has 0 aromatic carbocycles. The van der Waals surface area contributed by atoms with Gasteiger partial charge in [-0.1, -0.05) is 18.7 Å². The molecular weight excluding hydrogens is 138 g/mol. The molecule has 2 N–H and O–H groups in total. The Hall–Kier alpha value is -1.35. The van der Waals surface area contributed by atoms with Crippen molar-refractivity contribution < 1.29 is 0 Å². The molecule has 0 amide bonds. The van der Waals surface area contributed by atoms with Gasteiger partial charge in [-0.3, -0.25) is 0 Å². The van der Waals surface area contributed by atoms with Gasteiger partial charge in [-0.15, -0.1) is 0 Å². The molecule has 0 saturated heterocycles. The lowest BCUT2D eigenvalue weighted by Gasteiger charge is -1.83. The molecular formula is C8H11N3. The molecule has 0 saturated carbocycles. The van der Waals surface area contributed by atoms with Crippen LogP contribution in [0.4, 0.5) is 0 Å². The maximum absolute atomic E-state index is 5.28. The van der Waals surface area contributed by atoms with Gasteiger partial charge in [0.1, 0.15) is 0 Å². The van der Waals surface area contributed by atoms with Gasteiger partial charge < -0.3 is 5.73 Å². The van der Waals surface area contributed by atoms with Crippen LogP contribution >= 0.6 is 0 Å². The highest BCUT2D eigenvalue weighted by Crippen LogP contribution is 1.99. The van der Waals surface area contributed by atoms with Crippen LogP contribution in [0, 0.1) is 0 Å². The van der Waals surface area contributed by atoms with Crippen molar-refractivity contribution in [2.24, 2.45) is 5.73 Å². The first-order valence-corrected chi connectivity index (χ1v) is 3.40. The lowest BCUT2D eigenvalue weighted by molar-refractivity contribution is 0.937. The summed E-state index contributed by atoms with van der Waals surface area (Å²) < 4.78 is 1.65. The van der Waals surface area contributed by atoms with Crippen molar-refractivity contribution in [3.8, 4) is 0 Å². The largest absolute Gasteiger partial charge is 0.327 e. The molecule has 0 spiro atoms. The zero-order chi connectivity index (χ0) is 8.10.